The molecule has 0 saturated carbocycles. The molecule has 0 bridgehead atoms. The lowest BCUT2D eigenvalue weighted by molar-refractivity contribution is -0.120. The number of carbonyl (C=O) groups is 2. The topological polar surface area (TPSA) is 58.2 Å². The van der Waals surface area contributed by atoms with E-state index in [1.54, 1.807) is 17.4 Å². The molecule has 2 rings (SSSR count). The first-order valence-corrected chi connectivity index (χ1v) is 8.40. The van der Waals surface area contributed by atoms with Gasteiger partial charge in [0.2, 0.25) is 5.91 Å². The smallest absolute Gasteiger partial charge is 0.251 e. The van der Waals surface area contributed by atoms with Crippen molar-refractivity contribution in [3.63, 3.8) is 0 Å². The summed E-state index contributed by atoms with van der Waals surface area (Å²) in [4.78, 5) is 26.6. The van der Waals surface area contributed by atoms with Gasteiger partial charge in [0.15, 0.2) is 0 Å². The SMILES string of the molecule is Cc1cc([C@@H](C)NC(=O)CNC(=O)c2ccccc2C)c(C)s1. The lowest BCUT2D eigenvalue weighted by Crippen LogP contribution is -2.38. The van der Waals surface area contributed by atoms with Crippen molar-refractivity contribution >= 4 is 23.2 Å². The molecule has 0 spiro atoms. The number of benzene rings is 1. The second-order valence-electron chi connectivity index (χ2n) is 5.66. The summed E-state index contributed by atoms with van der Waals surface area (Å²) in [6.07, 6.45) is 0. The van der Waals surface area contributed by atoms with Crippen LogP contribution in [0.1, 0.15) is 44.2 Å². The van der Waals surface area contributed by atoms with E-state index < -0.39 is 0 Å². The molecule has 0 saturated heterocycles. The summed E-state index contributed by atoms with van der Waals surface area (Å²) in [6.45, 7) is 7.90. The van der Waals surface area contributed by atoms with Gasteiger partial charge in [-0.3, -0.25) is 9.59 Å². The summed E-state index contributed by atoms with van der Waals surface area (Å²) >= 11 is 1.72. The molecule has 1 aromatic heterocycles. The molecule has 1 aromatic carbocycles. The van der Waals surface area contributed by atoms with Crippen LogP contribution in [0.25, 0.3) is 0 Å². The van der Waals surface area contributed by atoms with Crippen molar-refractivity contribution in [2.24, 2.45) is 0 Å². The van der Waals surface area contributed by atoms with Gasteiger partial charge in [0.05, 0.1) is 12.6 Å². The highest BCUT2D eigenvalue weighted by Gasteiger charge is 2.15. The molecule has 2 N–H and O–H groups in total. The maximum atomic E-state index is 12.1. The zero-order valence-corrected chi connectivity index (χ0v) is 14.7. The highest BCUT2D eigenvalue weighted by molar-refractivity contribution is 7.12. The van der Waals surface area contributed by atoms with Crippen LogP contribution in [0.2, 0.25) is 0 Å². The average Bonchev–Trinajstić information content (AvgIpc) is 2.84. The Morgan fingerprint density at radius 1 is 1.17 bits per heavy atom. The molecule has 0 unspecified atom stereocenters. The fourth-order valence-electron chi connectivity index (χ4n) is 2.53. The molecule has 23 heavy (non-hydrogen) atoms. The molecule has 0 radical (unpaired) electrons. The van der Waals surface area contributed by atoms with E-state index in [2.05, 4.69) is 30.5 Å². The first-order chi connectivity index (χ1) is 10.9. The second-order valence-corrected chi connectivity index (χ2v) is 7.12. The van der Waals surface area contributed by atoms with Gasteiger partial charge in [-0.2, -0.15) is 0 Å². The molecule has 0 aliphatic rings. The Bertz CT molecular complexity index is 722. The highest BCUT2D eigenvalue weighted by atomic mass is 32.1. The maximum Gasteiger partial charge on any atom is 0.251 e. The Labute approximate surface area is 140 Å². The summed E-state index contributed by atoms with van der Waals surface area (Å²) in [5.41, 5.74) is 2.62. The number of thiophene rings is 1. The summed E-state index contributed by atoms with van der Waals surface area (Å²) in [5, 5.41) is 5.59. The van der Waals surface area contributed by atoms with Gasteiger partial charge >= 0.3 is 0 Å². The summed E-state index contributed by atoms with van der Waals surface area (Å²) < 4.78 is 0. The first-order valence-electron chi connectivity index (χ1n) is 7.58. The van der Waals surface area contributed by atoms with Crippen molar-refractivity contribution in [1.82, 2.24) is 10.6 Å². The Balaban J connectivity index is 1.89. The summed E-state index contributed by atoms with van der Waals surface area (Å²) in [7, 11) is 0. The number of aryl methyl sites for hydroxylation is 3. The molecule has 2 amide bonds. The average molecular weight is 330 g/mol. The number of hydrogen-bond acceptors (Lipinski definition) is 3. The predicted octanol–water partition coefficient (Wildman–Crippen LogP) is 3.28. The van der Waals surface area contributed by atoms with Gasteiger partial charge in [0.1, 0.15) is 0 Å². The lowest BCUT2D eigenvalue weighted by atomic mass is 10.1. The van der Waals surface area contributed by atoms with Crippen molar-refractivity contribution in [2.45, 2.75) is 33.7 Å². The van der Waals surface area contributed by atoms with Crippen LogP contribution >= 0.6 is 11.3 Å². The molecule has 1 heterocycles. The third kappa shape index (κ3) is 4.42. The Morgan fingerprint density at radius 2 is 1.87 bits per heavy atom. The molecule has 0 aliphatic heterocycles. The molecule has 2 aromatic rings. The van der Waals surface area contributed by atoms with Gasteiger partial charge in [0, 0.05) is 15.3 Å². The van der Waals surface area contributed by atoms with E-state index in [9.17, 15) is 9.59 Å². The van der Waals surface area contributed by atoms with E-state index in [1.165, 1.54) is 9.75 Å². The van der Waals surface area contributed by atoms with Crippen molar-refractivity contribution in [2.75, 3.05) is 6.54 Å². The second kappa shape index (κ2) is 7.42. The van der Waals surface area contributed by atoms with Crippen LogP contribution < -0.4 is 10.6 Å². The quantitative estimate of drug-likeness (QED) is 0.884. The minimum atomic E-state index is -0.228. The van der Waals surface area contributed by atoms with Crippen molar-refractivity contribution in [1.29, 1.82) is 0 Å². The first kappa shape index (κ1) is 17.2. The van der Waals surface area contributed by atoms with Crippen LogP contribution in [0.15, 0.2) is 30.3 Å². The van der Waals surface area contributed by atoms with Gasteiger partial charge in [-0.1, -0.05) is 18.2 Å². The third-order valence-corrected chi connectivity index (χ3v) is 4.70. The predicted molar refractivity (Wildman–Crippen MR) is 93.9 cm³/mol. The number of nitrogens with one attached hydrogen (secondary N) is 2. The minimum absolute atomic E-state index is 0.0281. The van der Waals surface area contributed by atoms with E-state index in [0.717, 1.165) is 11.1 Å². The molecule has 1 atom stereocenters. The number of hydrogen-bond donors (Lipinski definition) is 2. The van der Waals surface area contributed by atoms with Crippen molar-refractivity contribution in [3.8, 4) is 0 Å². The van der Waals surface area contributed by atoms with Gasteiger partial charge in [-0.05, 0) is 51.0 Å². The maximum absolute atomic E-state index is 12.1. The largest absolute Gasteiger partial charge is 0.348 e. The molecule has 0 aliphatic carbocycles. The number of carbonyl (C=O) groups excluding carboxylic acids is 2. The highest BCUT2D eigenvalue weighted by Crippen LogP contribution is 2.25. The molecule has 4 nitrogen and oxygen atoms in total. The van der Waals surface area contributed by atoms with Crippen LogP contribution in [0.3, 0.4) is 0 Å². The van der Waals surface area contributed by atoms with E-state index in [-0.39, 0.29) is 24.4 Å². The van der Waals surface area contributed by atoms with Gasteiger partial charge in [-0.15, -0.1) is 11.3 Å². The van der Waals surface area contributed by atoms with E-state index in [4.69, 9.17) is 0 Å². The van der Waals surface area contributed by atoms with Crippen LogP contribution in [-0.2, 0) is 4.79 Å². The van der Waals surface area contributed by atoms with Gasteiger partial charge in [0.25, 0.3) is 5.91 Å². The van der Waals surface area contributed by atoms with E-state index >= 15 is 0 Å². The van der Waals surface area contributed by atoms with Crippen molar-refractivity contribution < 1.29 is 9.59 Å². The third-order valence-electron chi connectivity index (χ3n) is 3.72. The summed E-state index contributed by atoms with van der Waals surface area (Å²) in [5.74, 6) is -0.420. The van der Waals surface area contributed by atoms with E-state index in [0.29, 0.717) is 5.56 Å². The van der Waals surface area contributed by atoms with Gasteiger partial charge in [-0.25, -0.2) is 0 Å². The number of amides is 2. The molecular formula is C18H22N2O2S. The standard InChI is InChI=1S/C18H22N2O2S/c1-11-7-5-6-8-15(11)18(22)19-10-17(21)20-13(3)16-9-12(2)23-14(16)4/h5-9,13H,10H2,1-4H3,(H,19,22)(H,20,21)/t13-/m1/s1. The Morgan fingerprint density at radius 3 is 2.48 bits per heavy atom. The van der Waals surface area contributed by atoms with Crippen LogP contribution in [0.4, 0.5) is 0 Å². The molecule has 0 fully saturated rings. The Kier molecular flexibility index (Phi) is 5.55. The van der Waals surface area contributed by atoms with Crippen LogP contribution in [-0.4, -0.2) is 18.4 Å². The van der Waals surface area contributed by atoms with E-state index in [1.807, 2.05) is 32.0 Å². The van der Waals surface area contributed by atoms with Crippen LogP contribution in [0, 0.1) is 20.8 Å². The molecular weight excluding hydrogens is 308 g/mol. The lowest BCUT2D eigenvalue weighted by Gasteiger charge is -2.14. The molecule has 5 heteroatoms. The zero-order valence-electron chi connectivity index (χ0n) is 13.9. The normalized spacial score (nSPS) is 11.8. The minimum Gasteiger partial charge on any atom is -0.348 e. The fourth-order valence-corrected chi connectivity index (χ4v) is 3.56. The molecule has 122 valence electrons. The zero-order chi connectivity index (χ0) is 17.0. The monoisotopic (exact) mass is 330 g/mol. The Hall–Kier alpha value is -2.14. The van der Waals surface area contributed by atoms with Gasteiger partial charge < -0.3 is 10.6 Å². The summed E-state index contributed by atoms with van der Waals surface area (Å²) in [6, 6.07) is 9.35. The fraction of sp³-hybridized carbons (Fsp3) is 0.333. The van der Waals surface area contributed by atoms with Crippen molar-refractivity contribution in [3.05, 3.63) is 56.8 Å². The number of rotatable bonds is 5. The van der Waals surface area contributed by atoms with Crippen LogP contribution in [0.5, 0.6) is 0 Å².